The molecule has 2 rings (SSSR count). The molecule has 1 aliphatic heterocycles. The second kappa shape index (κ2) is 7.61. The molecule has 0 bridgehead atoms. The third kappa shape index (κ3) is 4.19. The number of rotatable bonds is 5. The molecular formula is C18H28N2. The van der Waals surface area contributed by atoms with Gasteiger partial charge in [0, 0.05) is 38.3 Å². The second-order valence-electron chi connectivity index (χ2n) is 5.97. The molecule has 1 aliphatic rings. The molecule has 1 heterocycles. The third-order valence-electron chi connectivity index (χ3n) is 4.22. The Bertz CT molecular complexity index is 411. The van der Waals surface area contributed by atoms with E-state index in [0.29, 0.717) is 12.1 Å². The summed E-state index contributed by atoms with van der Waals surface area (Å²) in [5.41, 5.74) is 1.29. The van der Waals surface area contributed by atoms with Gasteiger partial charge in [-0.15, -0.1) is 0 Å². The third-order valence-corrected chi connectivity index (χ3v) is 4.22. The lowest BCUT2D eigenvalue weighted by atomic mass is 10.1. The zero-order valence-electron chi connectivity index (χ0n) is 13.1. The first kappa shape index (κ1) is 15.3. The Morgan fingerprint density at radius 2 is 1.95 bits per heavy atom. The highest BCUT2D eigenvalue weighted by Gasteiger charge is 2.26. The SMILES string of the molecule is CC[C@@H]1CN(C/C=C/c2ccccc2)CCN1C(C)C. The van der Waals surface area contributed by atoms with Gasteiger partial charge in [-0.05, 0) is 25.8 Å². The largest absolute Gasteiger partial charge is 0.297 e. The Balaban J connectivity index is 1.84. The molecule has 0 aromatic heterocycles. The van der Waals surface area contributed by atoms with Crippen LogP contribution in [-0.4, -0.2) is 48.1 Å². The van der Waals surface area contributed by atoms with E-state index >= 15 is 0 Å². The molecule has 1 aromatic rings. The van der Waals surface area contributed by atoms with E-state index in [0.717, 1.165) is 6.54 Å². The van der Waals surface area contributed by atoms with Gasteiger partial charge in [0.15, 0.2) is 0 Å². The van der Waals surface area contributed by atoms with Crippen LogP contribution in [0.2, 0.25) is 0 Å². The summed E-state index contributed by atoms with van der Waals surface area (Å²) in [6.45, 7) is 11.6. The molecule has 1 fully saturated rings. The lowest BCUT2D eigenvalue weighted by Gasteiger charge is -2.43. The number of hydrogen-bond acceptors (Lipinski definition) is 2. The minimum Gasteiger partial charge on any atom is -0.297 e. The quantitative estimate of drug-likeness (QED) is 0.809. The van der Waals surface area contributed by atoms with Crippen molar-refractivity contribution >= 4 is 6.08 Å². The van der Waals surface area contributed by atoms with Crippen molar-refractivity contribution in [2.75, 3.05) is 26.2 Å². The molecule has 0 aliphatic carbocycles. The first-order valence-corrected chi connectivity index (χ1v) is 7.90. The van der Waals surface area contributed by atoms with Crippen molar-refractivity contribution in [3.05, 3.63) is 42.0 Å². The Labute approximate surface area is 124 Å². The molecule has 0 radical (unpaired) electrons. The summed E-state index contributed by atoms with van der Waals surface area (Å²) in [6.07, 6.45) is 5.78. The summed E-state index contributed by atoms with van der Waals surface area (Å²) in [4.78, 5) is 5.23. The van der Waals surface area contributed by atoms with Crippen LogP contribution in [-0.2, 0) is 0 Å². The molecule has 0 saturated carbocycles. The summed E-state index contributed by atoms with van der Waals surface area (Å²) >= 11 is 0. The smallest absolute Gasteiger partial charge is 0.0223 e. The molecule has 2 heteroatoms. The molecule has 1 saturated heterocycles. The van der Waals surface area contributed by atoms with E-state index < -0.39 is 0 Å². The van der Waals surface area contributed by atoms with Crippen LogP contribution in [0.1, 0.15) is 32.8 Å². The van der Waals surface area contributed by atoms with Gasteiger partial charge in [0.05, 0.1) is 0 Å². The molecule has 0 unspecified atom stereocenters. The van der Waals surface area contributed by atoms with Crippen molar-refractivity contribution in [1.29, 1.82) is 0 Å². The van der Waals surface area contributed by atoms with Crippen LogP contribution in [0.4, 0.5) is 0 Å². The Morgan fingerprint density at radius 3 is 2.60 bits per heavy atom. The average molecular weight is 272 g/mol. The van der Waals surface area contributed by atoms with Crippen LogP contribution < -0.4 is 0 Å². The van der Waals surface area contributed by atoms with Gasteiger partial charge >= 0.3 is 0 Å². The molecule has 1 atom stereocenters. The minimum absolute atomic E-state index is 0.668. The van der Waals surface area contributed by atoms with Crippen molar-refractivity contribution in [1.82, 2.24) is 9.80 Å². The van der Waals surface area contributed by atoms with Crippen molar-refractivity contribution in [3.8, 4) is 0 Å². The molecule has 1 aromatic carbocycles. The molecule has 2 nitrogen and oxygen atoms in total. The first-order valence-electron chi connectivity index (χ1n) is 7.90. The fourth-order valence-electron chi connectivity index (χ4n) is 3.04. The van der Waals surface area contributed by atoms with E-state index in [9.17, 15) is 0 Å². The minimum atomic E-state index is 0.668. The maximum absolute atomic E-state index is 2.65. The Kier molecular flexibility index (Phi) is 5.81. The molecular weight excluding hydrogens is 244 g/mol. The Hall–Kier alpha value is -1.12. The van der Waals surface area contributed by atoms with Gasteiger partial charge in [-0.2, -0.15) is 0 Å². The van der Waals surface area contributed by atoms with E-state index in [1.165, 1.54) is 31.6 Å². The van der Waals surface area contributed by atoms with Crippen molar-refractivity contribution < 1.29 is 0 Å². The van der Waals surface area contributed by atoms with Crippen molar-refractivity contribution in [2.24, 2.45) is 0 Å². The van der Waals surface area contributed by atoms with E-state index in [-0.39, 0.29) is 0 Å². The fourth-order valence-corrected chi connectivity index (χ4v) is 3.04. The topological polar surface area (TPSA) is 6.48 Å². The molecule has 20 heavy (non-hydrogen) atoms. The van der Waals surface area contributed by atoms with Gasteiger partial charge in [-0.25, -0.2) is 0 Å². The van der Waals surface area contributed by atoms with Crippen LogP contribution >= 0.6 is 0 Å². The Morgan fingerprint density at radius 1 is 1.20 bits per heavy atom. The number of piperazine rings is 1. The monoisotopic (exact) mass is 272 g/mol. The summed E-state index contributed by atoms with van der Waals surface area (Å²) in [6, 6.07) is 11.9. The zero-order valence-corrected chi connectivity index (χ0v) is 13.1. The average Bonchev–Trinajstić information content (AvgIpc) is 2.48. The second-order valence-corrected chi connectivity index (χ2v) is 5.97. The predicted molar refractivity (Wildman–Crippen MR) is 87.8 cm³/mol. The van der Waals surface area contributed by atoms with Gasteiger partial charge in [0.25, 0.3) is 0 Å². The maximum Gasteiger partial charge on any atom is 0.0223 e. The number of hydrogen-bond donors (Lipinski definition) is 0. The standard InChI is InChI=1S/C18H28N2/c1-4-18-15-19(13-14-20(18)16(2)3)12-8-11-17-9-6-5-7-10-17/h5-11,16,18H,4,12-15H2,1-3H3/b11-8+/t18-/m1/s1. The number of benzene rings is 1. The molecule has 0 N–H and O–H groups in total. The van der Waals surface area contributed by atoms with E-state index in [4.69, 9.17) is 0 Å². The van der Waals surface area contributed by atoms with Crippen molar-refractivity contribution in [3.63, 3.8) is 0 Å². The van der Waals surface area contributed by atoms with E-state index in [2.05, 4.69) is 73.1 Å². The first-order chi connectivity index (χ1) is 9.70. The lowest BCUT2D eigenvalue weighted by molar-refractivity contribution is 0.0553. The fraction of sp³-hybridized carbons (Fsp3) is 0.556. The van der Waals surface area contributed by atoms with Crippen molar-refractivity contribution in [2.45, 2.75) is 39.3 Å². The summed E-state index contributed by atoms with van der Waals surface area (Å²) < 4.78 is 0. The van der Waals surface area contributed by atoms with Crippen LogP contribution in [0.3, 0.4) is 0 Å². The molecule has 0 amide bonds. The van der Waals surface area contributed by atoms with Crippen LogP contribution in [0.5, 0.6) is 0 Å². The predicted octanol–water partition coefficient (Wildman–Crippen LogP) is 3.50. The maximum atomic E-state index is 2.65. The summed E-state index contributed by atoms with van der Waals surface area (Å²) in [5.74, 6) is 0. The number of nitrogens with zero attached hydrogens (tertiary/aromatic N) is 2. The molecule has 0 spiro atoms. The highest BCUT2D eigenvalue weighted by Crippen LogP contribution is 2.15. The highest BCUT2D eigenvalue weighted by atomic mass is 15.3. The summed E-state index contributed by atoms with van der Waals surface area (Å²) in [7, 11) is 0. The van der Waals surface area contributed by atoms with Gasteiger partial charge < -0.3 is 0 Å². The van der Waals surface area contributed by atoms with Crippen LogP contribution in [0.25, 0.3) is 6.08 Å². The highest BCUT2D eigenvalue weighted by molar-refractivity contribution is 5.48. The lowest BCUT2D eigenvalue weighted by Crippen LogP contribution is -2.55. The molecule has 110 valence electrons. The van der Waals surface area contributed by atoms with Crippen LogP contribution in [0.15, 0.2) is 36.4 Å². The van der Waals surface area contributed by atoms with Gasteiger partial charge in [0.2, 0.25) is 0 Å². The van der Waals surface area contributed by atoms with E-state index in [1.807, 2.05) is 0 Å². The normalized spacial score (nSPS) is 21.9. The summed E-state index contributed by atoms with van der Waals surface area (Å²) in [5, 5.41) is 0. The van der Waals surface area contributed by atoms with Gasteiger partial charge in [-0.1, -0.05) is 49.4 Å². The van der Waals surface area contributed by atoms with Gasteiger partial charge in [0.1, 0.15) is 0 Å². The zero-order chi connectivity index (χ0) is 14.4. The van der Waals surface area contributed by atoms with E-state index in [1.54, 1.807) is 0 Å². The van der Waals surface area contributed by atoms with Gasteiger partial charge in [-0.3, -0.25) is 9.80 Å². The van der Waals surface area contributed by atoms with Crippen LogP contribution in [0, 0.1) is 0 Å².